The van der Waals surface area contributed by atoms with Crippen LogP contribution >= 0.6 is 0 Å². The zero-order chi connectivity index (χ0) is 15.3. The standard InChI is InChI=1S/C17H28N2O2/c1-12-14(20)18-17(3,13-7-8-13)15(21)19(12)11-16(2)9-5-4-6-10-16/h12-13H,4-11H2,1-3H3,(H,18,20). The number of amides is 2. The van der Waals surface area contributed by atoms with Crippen molar-refractivity contribution in [1.82, 2.24) is 10.2 Å². The van der Waals surface area contributed by atoms with Gasteiger partial charge in [0.2, 0.25) is 11.8 Å². The third kappa shape index (κ3) is 2.58. The largest absolute Gasteiger partial charge is 0.340 e. The van der Waals surface area contributed by atoms with Crippen LogP contribution in [0.25, 0.3) is 0 Å². The van der Waals surface area contributed by atoms with Crippen molar-refractivity contribution >= 4 is 11.8 Å². The van der Waals surface area contributed by atoms with Gasteiger partial charge in [-0.2, -0.15) is 0 Å². The Balaban J connectivity index is 1.81. The highest BCUT2D eigenvalue weighted by Gasteiger charge is 2.55. The maximum Gasteiger partial charge on any atom is 0.249 e. The first-order chi connectivity index (χ1) is 9.86. The summed E-state index contributed by atoms with van der Waals surface area (Å²) in [4.78, 5) is 27.2. The van der Waals surface area contributed by atoms with Crippen LogP contribution in [0.5, 0.6) is 0 Å². The molecule has 0 bridgehead atoms. The SMILES string of the molecule is CC1C(=O)NC(C)(C2CC2)C(=O)N1CC1(C)CCCCC1. The minimum absolute atomic E-state index is 0.0170. The van der Waals surface area contributed by atoms with E-state index in [-0.39, 0.29) is 23.3 Å². The zero-order valence-electron chi connectivity index (χ0n) is 13.6. The van der Waals surface area contributed by atoms with E-state index in [0.717, 1.165) is 19.4 Å². The van der Waals surface area contributed by atoms with E-state index in [1.54, 1.807) is 0 Å². The van der Waals surface area contributed by atoms with E-state index in [4.69, 9.17) is 0 Å². The number of hydrogen-bond donors (Lipinski definition) is 1. The summed E-state index contributed by atoms with van der Waals surface area (Å²) in [5.74, 6) is 0.496. The molecular formula is C17H28N2O2. The molecule has 0 spiro atoms. The summed E-state index contributed by atoms with van der Waals surface area (Å²) in [6.07, 6.45) is 8.26. The minimum atomic E-state index is -0.658. The predicted molar refractivity (Wildman–Crippen MR) is 81.6 cm³/mol. The van der Waals surface area contributed by atoms with Crippen molar-refractivity contribution in [3.8, 4) is 0 Å². The van der Waals surface area contributed by atoms with Gasteiger partial charge in [0, 0.05) is 6.54 Å². The van der Waals surface area contributed by atoms with E-state index < -0.39 is 5.54 Å². The van der Waals surface area contributed by atoms with Gasteiger partial charge in [0.05, 0.1) is 0 Å². The molecule has 0 radical (unpaired) electrons. The Bertz CT molecular complexity index is 452. The Morgan fingerprint density at radius 3 is 2.33 bits per heavy atom. The van der Waals surface area contributed by atoms with E-state index in [0.29, 0.717) is 5.92 Å². The molecule has 1 N–H and O–H groups in total. The van der Waals surface area contributed by atoms with Crippen LogP contribution in [-0.2, 0) is 9.59 Å². The first-order valence-corrected chi connectivity index (χ1v) is 8.49. The molecule has 3 aliphatic rings. The van der Waals surface area contributed by atoms with Crippen molar-refractivity contribution in [2.24, 2.45) is 11.3 Å². The lowest BCUT2D eigenvalue weighted by molar-refractivity contribution is -0.156. The van der Waals surface area contributed by atoms with Crippen molar-refractivity contribution in [2.75, 3.05) is 6.54 Å². The molecule has 2 saturated carbocycles. The monoisotopic (exact) mass is 292 g/mol. The second-order valence-electron chi connectivity index (χ2n) is 7.95. The summed E-state index contributed by atoms with van der Waals surface area (Å²) >= 11 is 0. The molecule has 4 heteroatoms. The average Bonchev–Trinajstić information content (AvgIpc) is 3.27. The van der Waals surface area contributed by atoms with Crippen molar-refractivity contribution < 1.29 is 9.59 Å². The van der Waals surface area contributed by atoms with Crippen LogP contribution in [0.2, 0.25) is 0 Å². The Labute approximate surface area is 127 Å². The predicted octanol–water partition coefficient (Wildman–Crippen LogP) is 2.47. The highest BCUT2D eigenvalue weighted by molar-refractivity contribution is 5.99. The van der Waals surface area contributed by atoms with Crippen molar-refractivity contribution in [2.45, 2.75) is 77.3 Å². The average molecular weight is 292 g/mol. The molecule has 0 aromatic rings. The zero-order valence-corrected chi connectivity index (χ0v) is 13.6. The van der Waals surface area contributed by atoms with Crippen molar-refractivity contribution in [3.63, 3.8) is 0 Å². The van der Waals surface area contributed by atoms with E-state index in [9.17, 15) is 9.59 Å². The third-order valence-electron chi connectivity index (χ3n) is 5.94. The molecule has 1 aliphatic heterocycles. The van der Waals surface area contributed by atoms with Crippen LogP contribution in [0.4, 0.5) is 0 Å². The molecule has 1 heterocycles. The number of carbonyl (C=O) groups is 2. The maximum atomic E-state index is 13.0. The molecule has 0 aromatic heterocycles. The highest BCUT2D eigenvalue weighted by Crippen LogP contribution is 2.44. The first-order valence-electron chi connectivity index (χ1n) is 8.49. The van der Waals surface area contributed by atoms with Gasteiger partial charge in [-0.05, 0) is 50.9 Å². The van der Waals surface area contributed by atoms with Crippen LogP contribution in [0.1, 0.15) is 65.7 Å². The van der Waals surface area contributed by atoms with E-state index >= 15 is 0 Å². The second kappa shape index (κ2) is 4.99. The summed E-state index contributed by atoms with van der Waals surface area (Å²) in [6.45, 7) is 6.81. The molecular weight excluding hydrogens is 264 g/mol. The number of nitrogens with one attached hydrogen (secondary N) is 1. The van der Waals surface area contributed by atoms with Crippen LogP contribution < -0.4 is 5.32 Å². The topological polar surface area (TPSA) is 49.4 Å². The Kier molecular flexibility index (Phi) is 3.53. The Morgan fingerprint density at radius 2 is 1.76 bits per heavy atom. The summed E-state index contributed by atoms with van der Waals surface area (Å²) in [6, 6.07) is -0.330. The molecule has 3 fully saturated rings. The van der Waals surface area contributed by atoms with Gasteiger partial charge >= 0.3 is 0 Å². The lowest BCUT2D eigenvalue weighted by Gasteiger charge is -2.47. The lowest BCUT2D eigenvalue weighted by atomic mass is 9.74. The maximum absolute atomic E-state index is 13.0. The normalized spacial score (nSPS) is 36.5. The fourth-order valence-electron chi connectivity index (χ4n) is 4.15. The van der Waals surface area contributed by atoms with Gasteiger partial charge in [-0.3, -0.25) is 9.59 Å². The van der Waals surface area contributed by atoms with Gasteiger partial charge < -0.3 is 10.2 Å². The smallest absolute Gasteiger partial charge is 0.249 e. The second-order valence-corrected chi connectivity index (χ2v) is 7.95. The van der Waals surface area contributed by atoms with E-state index in [1.165, 1.54) is 32.1 Å². The Morgan fingerprint density at radius 1 is 1.14 bits per heavy atom. The third-order valence-corrected chi connectivity index (χ3v) is 5.94. The quantitative estimate of drug-likeness (QED) is 0.868. The summed E-state index contributed by atoms with van der Waals surface area (Å²) in [5.41, 5.74) is -0.473. The van der Waals surface area contributed by atoms with Gasteiger partial charge in [0.25, 0.3) is 0 Å². The number of piperazine rings is 1. The lowest BCUT2D eigenvalue weighted by Crippen LogP contribution is -2.70. The van der Waals surface area contributed by atoms with Crippen molar-refractivity contribution in [1.29, 1.82) is 0 Å². The van der Waals surface area contributed by atoms with Crippen LogP contribution in [0.15, 0.2) is 0 Å². The fraction of sp³-hybridized carbons (Fsp3) is 0.882. The Hall–Kier alpha value is -1.06. The molecule has 2 unspecified atom stereocenters. The van der Waals surface area contributed by atoms with Gasteiger partial charge in [0.1, 0.15) is 11.6 Å². The molecule has 0 aromatic carbocycles. The van der Waals surface area contributed by atoms with Gasteiger partial charge in [-0.15, -0.1) is 0 Å². The van der Waals surface area contributed by atoms with E-state index in [1.807, 2.05) is 18.7 Å². The van der Waals surface area contributed by atoms with Gasteiger partial charge in [0.15, 0.2) is 0 Å². The number of hydrogen-bond acceptors (Lipinski definition) is 2. The molecule has 2 amide bonds. The summed E-state index contributed by atoms with van der Waals surface area (Å²) < 4.78 is 0. The van der Waals surface area contributed by atoms with Gasteiger partial charge in [-0.25, -0.2) is 0 Å². The molecule has 4 nitrogen and oxygen atoms in total. The minimum Gasteiger partial charge on any atom is -0.340 e. The van der Waals surface area contributed by atoms with Crippen LogP contribution in [-0.4, -0.2) is 34.8 Å². The summed E-state index contributed by atoms with van der Waals surface area (Å²) in [7, 11) is 0. The van der Waals surface area contributed by atoms with E-state index in [2.05, 4.69) is 12.2 Å². The molecule has 3 rings (SSSR count). The number of nitrogens with zero attached hydrogens (tertiary/aromatic N) is 1. The molecule has 118 valence electrons. The highest BCUT2D eigenvalue weighted by atomic mass is 16.2. The van der Waals surface area contributed by atoms with Gasteiger partial charge in [-0.1, -0.05) is 26.2 Å². The van der Waals surface area contributed by atoms with Crippen LogP contribution in [0.3, 0.4) is 0 Å². The summed E-state index contributed by atoms with van der Waals surface area (Å²) in [5, 5.41) is 3.00. The van der Waals surface area contributed by atoms with Crippen LogP contribution in [0, 0.1) is 11.3 Å². The van der Waals surface area contributed by atoms with Crippen molar-refractivity contribution in [3.05, 3.63) is 0 Å². The molecule has 21 heavy (non-hydrogen) atoms. The molecule has 2 atom stereocenters. The fourth-order valence-corrected chi connectivity index (χ4v) is 4.15. The molecule has 1 saturated heterocycles. The molecule has 2 aliphatic carbocycles. The number of carbonyl (C=O) groups excluding carboxylic acids is 2. The number of rotatable bonds is 3. The first kappa shape index (κ1) is 14.9.